The summed E-state index contributed by atoms with van der Waals surface area (Å²) in [5, 5.41) is 4.25. The fourth-order valence-corrected chi connectivity index (χ4v) is 3.32. The van der Waals surface area contributed by atoms with Crippen molar-refractivity contribution in [2.24, 2.45) is 5.92 Å². The number of aromatic nitrogens is 6. The van der Waals surface area contributed by atoms with Crippen molar-refractivity contribution >= 4 is 5.65 Å². The predicted molar refractivity (Wildman–Crippen MR) is 99.6 cm³/mol. The molecule has 26 heavy (non-hydrogen) atoms. The van der Waals surface area contributed by atoms with E-state index >= 15 is 0 Å². The molecule has 0 aliphatic heterocycles. The number of pyridine rings is 2. The first kappa shape index (κ1) is 15.3. The number of fused-ring (bicyclic) bond motifs is 1. The fourth-order valence-electron chi connectivity index (χ4n) is 3.32. The van der Waals surface area contributed by atoms with E-state index in [9.17, 15) is 0 Å². The normalized spacial score (nSPS) is 14.2. The Labute approximate surface area is 151 Å². The molecule has 0 bridgehead atoms. The molecule has 130 valence electrons. The van der Waals surface area contributed by atoms with E-state index in [2.05, 4.69) is 15.1 Å². The van der Waals surface area contributed by atoms with E-state index in [4.69, 9.17) is 9.97 Å². The minimum atomic E-state index is 0.827. The Kier molecular flexibility index (Phi) is 3.55. The minimum Gasteiger partial charge on any atom is -0.340 e. The number of H-pyrrole nitrogens is 1. The van der Waals surface area contributed by atoms with Gasteiger partial charge in [0.05, 0.1) is 17.1 Å². The highest BCUT2D eigenvalue weighted by Crippen LogP contribution is 2.34. The molecule has 1 saturated carbocycles. The first-order valence-electron chi connectivity index (χ1n) is 9.09. The van der Waals surface area contributed by atoms with Crippen LogP contribution in [-0.4, -0.2) is 29.5 Å². The number of nitrogens with zero attached hydrogens (tertiary/aromatic N) is 5. The molecule has 1 N–H and O–H groups in total. The summed E-state index contributed by atoms with van der Waals surface area (Å²) < 4.78 is 1.78. The van der Waals surface area contributed by atoms with Crippen LogP contribution >= 0.6 is 0 Å². The van der Waals surface area contributed by atoms with E-state index in [1.165, 1.54) is 19.3 Å². The zero-order valence-electron chi connectivity index (χ0n) is 14.7. The third-order valence-corrected chi connectivity index (χ3v) is 4.93. The molecule has 4 aromatic rings. The number of nitrogens with one attached hydrogen (secondary N) is 1. The summed E-state index contributed by atoms with van der Waals surface area (Å²) in [7, 11) is 0. The number of imidazole rings is 1. The Morgan fingerprint density at radius 2 is 2.08 bits per heavy atom. The topological polar surface area (TPSA) is 71.8 Å². The molecule has 1 aliphatic carbocycles. The van der Waals surface area contributed by atoms with Crippen LogP contribution in [0.1, 0.15) is 30.8 Å². The lowest BCUT2D eigenvalue weighted by molar-refractivity contribution is 0.704. The molecular formula is C20H20N6. The second-order valence-corrected chi connectivity index (χ2v) is 7.03. The SMILES string of the molecule is Cc1cccc(-c2[nH]c(CCC3CC3)nc2-c2ccc3ncnn3c2)n1. The molecular weight excluding hydrogens is 324 g/mol. The maximum Gasteiger partial charge on any atom is 0.155 e. The van der Waals surface area contributed by atoms with Gasteiger partial charge in [-0.05, 0) is 43.5 Å². The maximum atomic E-state index is 4.92. The number of aromatic amines is 1. The molecule has 4 aromatic heterocycles. The molecule has 6 heteroatoms. The monoisotopic (exact) mass is 344 g/mol. The van der Waals surface area contributed by atoms with Crippen LogP contribution in [0.25, 0.3) is 28.3 Å². The zero-order valence-corrected chi connectivity index (χ0v) is 14.7. The lowest BCUT2D eigenvalue weighted by Crippen LogP contribution is -1.92. The molecule has 0 radical (unpaired) electrons. The quantitative estimate of drug-likeness (QED) is 0.597. The van der Waals surface area contributed by atoms with Crippen molar-refractivity contribution in [1.82, 2.24) is 29.5 Å². The van der Waals surface area contributed by atoms with Crippen molar-refractivity contribution in [3.05, 3.63) is 54.4 Å². The van der Waals surface area contributed by atoms with Crippen LogP contribution in [0.15, 0.2) is 42.9 Å². The number of hydrogen-bond donors (Lipinski definition) is 1. The van der Waals surface area contributed by atoms with Crippen molar-refractivity contribution in [3.63, 3.8) is 0 Å². The summed E-state index contributed by atoms with van der Waals surface area (Å²) in [6.45, 7) is 2.01. The van der Waals surface area contributed by atoms with Crippen molar-refractivity contribution in [2.45, 2.75) is 32.6 Å². The lowest BCUT2D eigenvalue weighted by Gasteiger charge is -2.04. The molecule has 5 rings (SSSR count). The number of hydrogen-bond acceptors (Lipinski definition) is 4. The molecule has 4 heterocycles. The molecule has 1 fully saturated rings. The number of aryl methyl sites for hydroxylation is 2. The van der Waals surface area contributed by atoms with E-state index in [1.54, 1.807) is 10.8 Å². The Balaban J connectivity index is 1.60. The Morgan fingerprint density at radius 3 is 2.92 bits per heavy atom. The number of rotatable bonds is 5. The predicted octanol–water partition coefficient (Wildman–Crippen LogP) is 3.83. The summed E-state index contributed by atoms with van der Waals surface area (Å²) in [5.74, 6) is 1.92. The summed E-state index contributed by atoms with van der Waals surface area (Å²) in [4.78, 5) is 17.4. The van der Waals surface area contributed by atoms with Gasteiger partial charge < -0.3 is 4.98 Å². The first-order chi connectivity index (χ1) is 12.8. The molecule has 0 unspecified atom stereocenters. The average Bonchev–Trinajstić information content (AvgIpc) is 3.19. The summed E-state index contributed by atoms with van der Waals surface area (Å²) in [6, 6.07) is 10.1. The van der Waals surface area contributed by atoms with Crippen molar-refractivity contribution in [1.29, 1.82) is 0 Å². The molecule has 0 spiro atoms. The Morgan fingerprint density at radius 1 is 1.15 bits per heavy atom. The van der Waals surface area contributed by atoms with Crippen LogP contribution in [0.5, 0.6) is 0 Å². The van der Waals surface area contributed by atoms with Crippen molar-refractivity contribution < 1.29 is 0 Å². The zero-order chi connectivity index (χ0) is 17.5. The average molecular weight is 344 g/mol. The van der Waals surface area contributed by atoms with Gasteiger partial charge in [-0.2, -0.15) is 5.10 Å². The fraction of sp³-hybridized carbons (Fsp3) is 0.300. The van der Waals surface area contributed by atoms with Gasteiger partial charge in [0.2, 0.25) is 0 Å². The van der Waals surface area contributed by atoms with E-state index in [0.29, 0.717) is 0 Å². The molecule has 0 atom stereocenters. The van der Waals surface area contributed by atoms with E-state index < -0.39 is 0 Å². The molecule has 0 amide bonds. The van der Waals surface area contributed by atoms with Crippen LogP contribution in [0.2, 0.25) is 0 Å². The first-order valence-corrected chi connectivity index (χ1v) is 9.09. The summed E-state index contributed by atoms with van der Waals surface area (Å²) in [6.07, 6.45) is 8.45. The standard InChI is InChI=1S/C20H20N6/c1-13-3-2-4-16(23-13)20-19(24-17(25-20)9-7-14-5-6-14)15-8-10-18-21-12-22-26(18)11-15/h2-4,8,10-12,14H,5-7,9H2,1H3,(H,24,25). The highest BCUT2D eigenvalue weighted by Gasteiger charge is 2.22. The summed E-state index contributed by atoms with van der Waals surface area (Å²) >= 11 is 0. The maximum absolute atomic E-state index is 4.92. The third kappa shape index (κ3) is 2.87. The lowest BCUT2D eigenvalue weighted by atomic mass is 10.1. The van der Waals surface area contributed by atoms with Crippen LogP contribution in [0.4, 0.5) is 0 Å². The van der Waals surface area contributed by atoms with Gasteiger partial charge in [0.1, 0.15) is 12.2 Å². The van der Waals surface area contributed by atoms with E-state index in [1.807, 2.05) is 43.5 Å². The van der Waals surface area contributed by atoms with Gasteiger partial charge in [0.15, 0.2) is 5.65 Å². The molecule has 0 saturated heterocycles. The smallest absolute Gasteiger partial charge is 0.155 e. The van der Waals surface area contributed by atoms with E-state index in [-0.39, 0.29) is 0 Å². The van der Waals surface area contributed by atoms with Crippen LogP contribution in [-0.2, 0) is 6.42 Å². The Bertz CT molecular complexity index is 1070. The van der Waals surface area contributed by atoms with Gasteiger partial charge in [-0.3, -0.25) is 4.98 Å². The van der Waals surface area contributed by atoms with Gasteiger partial charge >= 0.3 is 0 Å². The highest BCUT2D eigenvalue weighted by molar-refractivity contribution is 5.77. The second-order valence-electron chi connectivity index (χ2n) is 7.03. The van der Waals surface area contributed by atoms with Crippen LogP contribution in [0.3, 0.4) is 0 Å². The van der Waals surface area contributed by atoms with Crippen LogP contribution < -0.4 is 0 Å². The second kappa shape index (κ2) is 6.05. The Hall–Kier alpha value is -3.02. The van der Waals surface area contributed by atoms with E-state index in [0.717, 1.165) is 52.1 Å². The van der Waals surface area contributed by atoms with Gasteiger partial charge in [-0.1, -0.05) is 18.9 Å². The summed E-state index contributed by atoms with van der Waals surface area (Å²) in [5.41, 5.74) is 5.65. The highest BCUT2D eigenvalue weighted by atomic mass is 15.3. The largest absolute Gasteiger partial charge is 0.340 e. The van der Waals surface area contributed by atoms with Gasteiger partial charge in [0, 0.05) is 23.9 Å². The van der Waals surface area contributed by atoms with Gasteiger partial charge in [-0.25, -0.2) is 14.5 Å². The third-order valence-electron chi connectivity index (χ3n) is 4.93. The molecule has 6 nitrogen and oxygen atoms in total. The van der Waals surface area contributed by atoms with Gasteiger partial charge in [0.25, 0.3) is 0 Å². The van der Waals surface area contributed by atoms with Crippen molar-refractivity contribution in [3.8, 4) is 22.6 Å². The van der Waals surface area contributed by atoms with Crippen molar-refractivity contribution in [2.75, 3.05) is 0 Å². The minimum absolute atomic E-state index is 0.827. The molecule has 1 aliphatic rings. The van der Waals surface area contributed by atoms with Gasteiger partial charge in [-0.15, -0.1) is 0 Å². The molecule has 0 aromatic carbocycles. The van der Waals surface area contributed by atoms with Crippen LogP contribution in [0, 0.1) is 12.8 Å².